The van der Waals surface area contributed by atoms with Crippen LogP contribution in [-0.4, -0.2) is 22.2 Å². The molecule has 0 amide bonds. The number of pyridine rings is 1. The number of carboxylic acids is 1. The van der Waals surface area contributed by atoms with Crippen LogP contribution >= 0.6 is 11.6 Å². The van der Waals surface area contributed by atoms with Gasteiger partial charge in [0.1, 0.15) is 5.56 Å². The van der Waals surface area contributed by atoms with E-state index >= 15 is 0 Å². The highest BCUT2D eigenvalue weighted by Crippen LogP contribution is 2.37. The molecule has 5 heteroatoms. The molecule has 2 aromatic carbocycles. The highest BCUT2D eigenvalue weighted by molar-refractivity contribution is 6.31. The minimum Gasteiger partial charge on any atom is -0.477 e. The number of aromatic carboxylic acids is 1. The molecule has 0 bridgehead atoms. The Kier molecular flexibility index (Phi) is 4.64. The lowest BCUT2D eigenvalue weighted by atomic mass is 9.95. The second-order valence-corrected chi connectivity index (χ2v) is 6.61. The first-order chi connectivity index (χ1) is 11.9. The largest absolute Gasteiger partial charge is 0.477 e. The molecule has 4 nitrogen and oxygen atoms in total. The smallest absolute Gasteiger partial charge is 0.341 e. The molecule has 3 aromatic rings. The summed E-state index contributed by atoms with van der Waals surface area (Å²) in [4.78, 5) is 16.5. The predicted octanol–water partition coefficient (Wildman–Crippen LogP) is 5.35. The summed E-state index contributed by atoms with van der Waals surface area (Å²) in [6, 6.07) is 12.9. The number of carbonyl (C=O) groups is 1. The van der Waals surface area contributed by atoms with E-state index in [1.807, 2.05) is 45.0 Å². The molecule has 0 atom stereocenters. The standard InChI is InChI=1S/C20H18ClNO3/c1-11(2)25-19-18(20(23)24)17(13-5-4-6-14(21)10-13)15-9-12(3)7-8-16(15)22-19/h4-11H,1-3H3,(H,23,24). The second kappa shape index (κ2) is 6.73. The second-order valence-electron chi connectivity index (χ2n) is 6.17. The number of nitrogens with zero attached hydrogens (tertiary/aromatic N) is 1. The van der Waals surface area contributed by atoms with Crippen LogP contribution in [-0.2, 0) is 0 Å². The first kappa shape index (κ1) is 17.2. The number of aromatic nitrogens is 1. The molecular formula is C20H18ClNO3. The van der Waals surface area contributed by atoms with E-state index in [-0.39, 0.29) is 17.5 Å². The topological polar surface area (TPSA) is 59.4 Å². The number of halogens is 1. The van der Waals surface area contributed by atoms with Crippen LogP contribution in [0.15, 0.2) is 42.5 Å². The fraction of sp³-hybridized carbons (Fsp3) is 0.200. The summed E-state index contributed by atoms with van der Waals surface area (Å²) in [5.74, 6) is -0.963. The van der Waals surface area contributed by atoms with Crippen LogP contribution in [0.3, 0.4) is 0 Å². The monoisotopic (exact) mass is 355 g/mol. The Labute approximate surface area is 151 Å². The number of benzene rings is 2. The van der Waals surface area contributed by atoms with Crippen molar-refractivity contribution in [1.29, 1.82) is 0 Å². The molecule has 0 unspecified atom stereocenters. The summed E-state index contributed by atoms with van der Waals surface area (Å²) in [6.45, 7) is 5.64. The number of hydrogen-bond donors (Lipinski definition) is 1. The van der Waals surface area contributed by atoms with E-state index in [2.05, 4.69) is 4.98 Å². The molecule has 0 aliphatic heterocycles. The van der Waals surface area contributed by atoms with Crippen molar-refractivity contribution in [2.75, 3.05) is 0 Å². The normalized spacial score (nSPS) is 11.1. The lowest BCUT2D eigenvalue weighted by Gasteiger charge is -2.17. The Bertz CT molecular complexity index is 967. The molecule has 128 valence electrons. The zero-order chi connectivity index (χ0) is 18.1. The van der Waals surface area contributed by atoms with E-state index in [1.165, 1.54) is 0 Å². The quantitative estimate of drug-likeness (QED) is 0.685. The van der Waals surface area contributed by atoms with Crippen LogP contribution in [0.5, 0.6) is 5.88 Å². The van der Waals surface area contributed by atoms with Crippen molar-refractivity contribution >= 4 is 28.5 Å². The molecule has 0 saturated heterocycles. The SMILES string of the molecule is Cc1ccc2nc(OC(C)C)c(C(=O)O)c(-c3cccc(Cl)c3)c2c1. The number of hydrogen-bond acceptors (Lipinski definition) is 3. The molecule has 25 heavy (non-hydrogen) atoms. The van der Waals surface area contributed by atoms with E-state index in [4.69, 9.17) is 16.3 Å². The van der Waals surface area contributed by atoms with E-state index in [1.54, 1.807) is 18.2 Å². The molecule has 1 aromatic heterocycles. The van der Waals surface area contributed by atoms with Crippen LogP contribution in [0, 0.1) is 6.92 Å². The molecule has 0 aliphatic carbocycles. The Morgan fingerprint density at radius 2 is 1.96 bits per heavy atom. The maximum absolute atomic E-state index is 12.1. The van der Waals surface area contributed by atoms with Gasteiger partial charge in [-0.2, -0.15) is 0 Å². The third-order valence-corrected chi connectivity index (χ3v) is 4.02. The van der Waals surface area contributed by atoms with Crippen molar-refractivity contribution in [2.45, 2.75) is 26.9 Å². The Morgan fingerprint density at radius 3 is 2.60 bits per heavy atom. The summed E-state index contributed by atoms with van der Waals surface area (Å²) in [6.07, 6.45) is -0.194. The van der Waals surface area contributed by atoms with E-state index in [0.717, 1.165) is 16.5 Å². The lowest BCUT2D eigenvalue weighted by Crippen LogP contribution is -2.13. The van der Waals surface area contributed by atoms with Crippen LogP contribution in [0.1, 0.15) is 29.8 Å². The molecule has 1 heterocycles. The summed E-state index contributed by atoms with van der Waals surface area (Å²) < 4.78 is 5.71. The number of ether oxygens (including phenoxy) is 1. The molecule has 1 N–H and O–H groups in total. The van der Waals surface area contributed by atoms with Gasteiger partial charge in [0, 0.05) is 16.0 Å². The van der Waals surface area contributed by atoms with Crippen LogP contribution in [0.4, 0.5) is 0 Å². The summed E-state index contributed by atoms with van der Waals surface area (Å²) >= 11 is 6.14. The van der Waals surface area contributed by atoms with E-state index in [9.17, 15) is 9.90 Å². The highest BCUT2D eigenvalue weighted by Gasteiger charge is 2.24. The Hall–Kier alpha value is -2.59. The number of rotatable bonds is 4. The van der Waals surface area contributed by atoms with Gasteiger partial charge in [0.05, 0.1) is 11.6 Å². The molecule has 0 fully saturated rings. The van der Waals surface area contributed by atoms with Crippen LogP contribution < -0.4 is 4.74 Å². The van der Waals surface area contributed by atoms with Gasteiger partial charge >= 0.3 is 5.97 Å². The van der Waals surface area contributed by atoms with Crippen molar-refractivity contribution in [3.63, 3.8) is 0 Å². The van der Waals surface area contributed by atoms with E-state index < -0.39 is 5.97 Å². The molecule has 0 aliphatic rings. The predicted molar refractivity (Wildman–Crippen MR) is 99.6 cm³/mol. The molecule has 0 radical (unpaired) electrons. The van der Waals surface area contributed by atoms with Gasteiger partial charge < -0.3 is 9.84 Å². The van der Waals surface area contributed by atoms with Gasteiger partial charge in [-0.25, -0.2) is 9.78 Å². The minimum absolute atomic E-state index is 0.0501. The van der Waals surface area contributed by atoms with Gasteiger partial charge in [-0.05, 0) is 50.6 Å². The zero-order valence-electron chi connectivity index (χ0n) is 14.2. The molecule has 0 spiro atoms. The third kappa shape index (κ3) is 3.44. The highest BCUT2D eigenvalue weighted by atomic mass is 35.5. The van der Waals surface area contributed by atoms with Crippen molar-refractivity contribution in [2.24, 2.45) is 0 Å². The first-order valence-electron chi connectivity index (χ1n) is 7.97. The summed E-state index contributed by atoms with van der Waals surface area (Å²) in [5, 5.41) is 11.2. The van der Waals surface area contributed by atoms with Crippen molar-refractivity contribution in [3.05, 3.63) is 58.6 Å². The van der Waals surface area contributed by atoms with Gasteiger partial charge in [0.2, 0.25) is 5.88 Å². The van der Waals surface area contributed by atoms with E-state index in [0.29, 0.717) is 16.1 Å². The minimum atomic E-state index is -1.08. The molecule has 0 saturated carbocycles. The van der Waals surface area contributed by atoms with Crippen molar-refractivity contribution in [3.8, 4) is 17.0 Å². The van der Waals surface area contributed by atoms with Crippen LogP contribution in [0.25, 0.3) is 22.0 Å². The fourth-order valence-electron chi connectivity index (χ4n) is 2.81. The summed E-state index contributed by atoms with van der Waals surface area (Å²) in [7, 11) is 0. The fourth-order valence-corrected chi connectivity index (χ4v) is 3.00. The summed E-state index contributed by atoms with van der Waals surface area (Å²) in [5.41, 5.74) is 3.04. The zero-order valence-corrected chi connectivity index (χ0v) is 15.0. The van der Waals surface area contributed by atoms with Crippen molar-refractivity contribution in [1.82, 2.24) is 4.98 Å². The molecule has 3 rings (SSSR count). The number of carboxylic acid groups (broad SMARTS) is 1. The van der Waals surface area contributed by atoms with Gasteiger partial charge in [-0.3, -0.25) is 0 Å². The molecular weight excluding hydrogens is 338 g/mol. The Morgan fingerprint density at radius 1 is 1.20 bits per heavy atom. The number of aryl methyl sites for hydroxylation is 1. The maximum Gasteiger partial charge on any atom is 0.341 e. The van der Waals surface area contributed by atoms with Gasteiger partial charge in [0.15, 0.2) is 0 Å². The number of fused-ring (bicyclic) bond motifs is 1. The average Bonchev–Trinajstić information content (AvgIpc) is 2.53. The third-order valence-electron chi connectivity index (χ3n) is 3.78. The maximum atomic E-state index is 12.1. The van der Waals surface area contributed by atoms with Crippen LogP contribution in [0.2, 0.25) is 5.02 Å². The van der Waals surface area contributed by atoms with Crippen molar-refractivity contribution < 1.29 is 14.6 Å². The first-order valence-corrected chi connectivity index (χ1v) is 8.35. The van der Waals surface area contributed by atoms with Gasteiger partial charge in [0.25, 0.3) is 0 Å². The Balaban J connectivity index is 2.46. The lowest BCUT2D eigenvalue weighted by molar-refractivity contribution is 0.0690. The van der Waals surface area contributed by atoms with Gasteiger partial charge in [-0.15, -0.1) is 0 Å². The average molecular weight is 356 g/mol. The van der Waals surface area contributed by atoms with Gasteiger partial charge in [-0.1, -0.05) is 35.4 Å².